The summed E-state index contributed by atoms with van der Waals surface area (Å²) >= 11 is 12.1. The molecule has 4 rings (SSSR count). The largest absolute Gasteiger partial charge is 0.505 e. The quantitative estimate of drug-likeness (QED) is 0.140. The maximum Gasteiger partial charge on any atom is 0.296 e. The fraction of sp³-hybridized carbons (Fsp3) is 0.0417. The van der Waals surface area contributed by atoms with Gasteiger partial charge in [0, 0.05) is 10.4 Å². The van der Waals surface area contributed by atoms with Gasteiger partial charge in [0.1, 0.15) is 26.9 Å². The molecule has 0 aliphatic rings. The zero-order valence-corrected chi connectivity index (χ0v) is 23.2. The van der Waals surface area contributed by atoms with E-state index in [-0.39, 0.29) is 32.7 Å². The molecule has 0 fully saturated rings. The molecule has 0 bridgehead atoms. The van der Waals surface area contributed by atoms with Crippen LogP contribution in [0.2, 0.25) is 10.0 Å². The first-order chi connectivity index (χ1) is 18.7. The van der Waals surface area contributed by atoms with Gasteiger partial charge in [-0.1, -0.05) is 35.3 Å². The van der Waals surface area contributed by atoms with Crippen molar-refractivity contribution in [2.24, 2.45) is 10.2 Å². The van der Waals surface area contributed by atoms with Crippen LogP contribution in [0, 0.1) is 0 Å². The molecule has 40 heavy (non-hydrogen) atoms. The van der Waals surface area contributed by atoms with Crippen molar-refractivity contribution in [2.75, 3.05) is 12.4 Å². The standard InChI is InChI=1S/C24H17Cl2N3O9S2/c1-38-18-5-3-2-4-16(18)28-29-22-20(40(35,36)37)11-14-19(39(32,33)34)9-8-17(21(14)23(22)30)27-24(31)13-10-12(25)6-7-15(13)26/h2-11,30H,1H3,(H,27,31)(H,32,33,34)(H,35,36,37). The van der Waals surface area contributed by atoms with Crippen molar-refractivity contribution in [3.63, 3.8) is 0 Å². The van der Waals surface area contributed by atoms with Gasteiger partial charge in [-0.25, -0.2) is 0 Å². The highest BCUT2D eigenvalue weighted by Crippen LogP contribution is 2.46. The number of hydrogen-bond donors (Lipinski definition) is 4. The van der Waals surface area contributed by atoms with Crippen molar-refractivity contribution in [3.05, 3.63) is 76.3 Å². The first-order valence-corrected chi connectivity index (χ1v) is 14.4. The van der Waals surface area contributed by atoms with Crippen LogP contribution in [0.3, 0.4) is 0 Å². The Morgan fingerprint density at radius 3 is 2.23 bits per heavy atom. The molecule has 0 aromatic heterocycles. The van der Waals surface area contributed by atoms with E-state index < -0.39 is 58.1 Å². The fourth-order valence-corrected chi connectivity index (χ4v) is 5.44. The van der Waals surface area contributed by atoms with Gasteiger partial charge < -0.3 is 15.2 Å². The number of methoxy groups -OCH3 is 1. The number of phenols is 1. The van der Waals surface area contributed by atoms with Crippen molar-refractivity contribution < 1.29 is 40.6 Å². The molecule has 0 saturated carbocycles. The Labute approximate surface area is 237 Å². The Bertz CT molecular complexity index is 1930. The minimum Gasteiger partial charge on any atom is -0.505 e. The number of anilines is 1. The number of fused-ring (bicyclic) bond motifs is 1. The van der Waals surface area contributed by atoms with Crippen LogP contribution in [-0.2, 0) is 20.2 Å². The van der Waals surface area contributed by atoms with Gasteiger partial charge in [-0.3, -0.25) is 13.9 Å². The predicted octanol–water partition coefficient (Wildman–Crippen LogP) is 6.02. The van der Waals surface area contributed by atoms with E-state index in [1.165, 1.54) is 37.4 Å². The number of carbonyl (C=O) groups is 1. The third-order valence-corrected chi connectivity index (χ3v) is 7.84. The van der Waals surface area contributed by atoms with Crippen LogP contribution in [0.5, 0.6) is 11.5 Å². The zero-order chi connectivity index (χ0) is 29.4. The second-order valence-electron chi connectivity index (χ2n) is 8.01. The van der Waals surface area contributed by atoms with E-state index in [2.05, 4.69) is 15.5 Å². The molecule has 0 aliphatic heterocycles. The van der Waals surface area contributed by atoms with Crippen molar-refractivity contribution in [2.45, 2.75) is 9.79 Å². The summed E-state index contributed by atoms with van der Waals surface area (Å²) in [5, 5.41) is 20.5. The van der Waals surface area contributed by atoms with Crippen LogP contribution in [0.25, 0.3) is 10.8 Å². The lowest BCUT2D eigenvalue weighted by molar-refractivity contribution is 0.102. The molecule has 0 radical (unpaired) electrons. The zero-order valence-electron chi connectivity index (χ0n) is 20.0. The SMILES string of the molecule is COc1ccccc1N=Nc1c(S(=O)(=O)O)cc2c(S(=O)(=O)O)ccc(NC(=O)c3cc(Cl)ccc3Cl)c2c1O. The van der Waals surface area contributed by atoms with E-state index in [1.54, 1.807) is 12.1 Å². The highest BCUT2D eigenvalue weighted by molar-refractivity contribution is 7.86. The molecule has 1 amide bonds. The number of carbonyl (C=O) groups excluding carboxylic acids is 1. The van der Waals surface area contributed by atoms with Gasteiger partial charge in [-0.05, 0) is 48.5 Å². The fourth-order valence-electron chi connectivity index (χ4n) is 3.73. The first-order valence-electron chi connectivity index (χ1n) is 10.8. The van der Waals surface area contributed by atoms with Crippen molar-refractivity contribution in [3.8, 4) is 11.5 Å². The number of benzene rings is 4. The Kier molecular flexibility index (Phi) is 8.03. The Morgan fingerprint density at radius 1 is 0.900 bits per heavy atom. The van der Waals surface area contributed by atoms with Gasteiger partial charge in [0.05, 0.1) is 28.8 Å². The third-order valence-electron chi connectivity index (χ3n) is 5.50. The van der Waals surface area contributed by atoms with E-state index in [0.29, 0.717) is 6.07 Å². The van der Waals surface area contributed by atoms with Crippen LogP contribution in [-0.4, -0.2) is 44.1 Å². The maximum atomic E-state index is 13.0. The minimum absolute atomic E-state index is 0.0185. The molecule has 0 unspecified atom stereocenters. The first kappa shape index (κ1) is 29.2. The van der Waals surface area contributed by atoms with Crippen LogP contribution in [0.4, 0.5) is 17.1 Å². The molecule has 12 nitrogen and oxygen atoms in total. The molecule has 0 atom stereocenters. The third kappa shape index (κ3) is 5.86. The smallest absolute Gasteiger partial charge is 0.296 e. The predicted molar refractivity (Wildman–Crippen MR) is 147 cm³/mol. The Morgan fingerprint density at radius 2 is 1.57 bits per heavy atom. The normalized spacial score (nSPS) is 12.1. The molecule has 4 aromatic rings. The molecule has 0 heterocycles. The lowest BCUT2D eigenvalue weighted by atomic mass is 10.1. The number of halogens is 2. The van der Waals surface area contributed by atoms with Crippen molar-refractivity contribution >= 4 is 77.2 Å². The molecule has 0 spiro atoms. The number of phenolic OH excluding ortho intramolecular Hbond substituents is 1. The number of nitrogens with one attached hydrogen (secondary N) is 1. The summed E-state index contributed by atoms with van der Waals surface area (Å²) in [6.45, 7) is 0. The number of hydrogen-bond acceptors (Lipinski definition) is 9. The van der Waals surface area contributed by atoms with Crippen LogP contribution >= 0.6 is 23.2 Å². The average molecular weight is 626 g/mol. The summed E-state index contributed by atoms with van der Waals surface area (Å²) in [5.41, 5.74) is -1.01. The van der Waals surface area contributed by atoms with Crippen molar-refractivity contribution in [1.82, 2.24) is 0 Å². The number of rotatable bonds is 7. The van der Waals surface area contributed by atoms with Gasteiger partial charge in [0.25, 0.3) is 26.1 Å². The molecule has 208 valence electrons. The van der Waals surface area contributed by atoms with Gasteiger partial charge in [0.2, 0.25) is 0 Å². The minimum atomic E-state index is -5.16. The van der Waals surface area contributed by atoms with Gasteiger partial charge in [-0.2, -0.15) is 16.8 Å². The molecule has 16 heteroatoms. The maximum absolute atomic E-state index is 13.0. The Hall–Kier alpha value is -3.79. The molecule has 0 saturated heterocycles. The molecule has 4 N–H and O–H groups in total. The average Bonchev–Trinajstić information content (AvgIpc) is 2.88. The molecular formula is C24H17Cl2N3O9S2. The second-order valence-corrected chi connectivity index (χ2v) is 11.6. The Balaban J connectivity index is 2.03. The van der Waals surface area contributed by atoms with Gasteiger partial charge in [0.15, 0.2) is 5.75 Å². The monoisotopic (exact) mass is 625 g/mol. The van der Waals surface area contributed by atoms with Crippen LogP contribution in [0.15, 0.2) is 80.7 Å². The van der Waals surface area contributed by atoms with Crippen molar-refractivity contribution in [1.29, 1.82) is 0 Å². The van der Waals surface area contributed by atoms with E-state index in [0.717, 1.165) is 12.1 Å². The number of aromatic hydroxyl groups is 1. The topological polar surface area (TPSA) is 192 Å². The second kappa shape index (κ2) is 11.0. The van der Waals surface area contributed by atoms with E-state index in [4.69, 9.17) is 27.9 Å². The lowest BCUT2D eigenvalue weighted by Gasteiger charge is -2.16. The van der Waals surface area contributed by atoms with Gasteiger partial charge >= 0.3 is 0 Å². The van der Waals surface area contributed by atoms with E-state index >= 15 is 0 Å². The number of para-hydroxylation sites is 1. The van der Waals surface area contributed by atoms with E-state index in [1.807, 2.05) is 0 Å². The highest BCUT2D eigenvalue weighted by Gasteiger charge is 2.28. The molecular weight excluding hydrogens is 609 g/mol. The summed E-state index contributed by atoms with van der Waals surface area (Å²) in [4.78, 5) is 11.1. The summed E-state index contributed by atoms with van der Waals surface area (Å²) in [5.74, 6) is -1.59. The van der Waals surface area contributed by atoms with Crippen LogP contribution in [0.1, 0.15) is 10.4 Å². The number of amides is 1. The summed E-state index contributed by atoms with van der Waals surface area (Å²) in [6.07, 6.45) is 0. The lowest BCUT2D eigenvalue weighted by Crippen LogP contribution is -2.13. The molecule has 4 aromatic carbocycles. The summed E-state index contributed by atoms with van der Waals surface area (Å²) < 4.78 is 73.6. The number of ether oxygens (including phenoxy) is 1. The van der Waals surface area contributed by atoms with E-state index in [9.17, 15) is 35.8 Å². The number of azo groups is 1. The summed E-state index contributed by atoms with van der Waals surface area (Å²) in [7, 11) is -8.81. The van der Waals surface area contributed by atoms with Gasteiger partial charge in [-0.15, -0.1) is 10.2 Å². The molecule has 0 aliphatic carbocycles. The summed E-state index contributed by atoms with van der Waals surface area (Å²) in [6, 6.07) is 12.8. The highest BCUT2D eigenvalue weighted by atomic mass is 35.5. The number of nitrogens with zero attached hydrogens (tertiary/aromatic N) is 2. The van der Waals surface area contributed by atoms with Crippen LogP contribution < -0.4 is 10.1 Å².